The molecule has 2 fully saturated rings. The molecule has 2 aromatic carbocycles. The maximum absolute atomic E-state index is 14.6. The molecule has 3 aliphatic heterocycles. The molecule has 0 saturated carbocycles. The number of benzene rings is 2. The van der Waals surface area contributed by atoms with E-state index in [0.29, 0.717) is 18.7 Å². The van der Waals surface area contributed by atoms with E-state index in [1.165, 1.54) is 39.1 Å². The van der Waals surface area contributed by atoms with Gasteiger partial charge in [0.15, 0.2) is 0 Å². The molecule has 2 saturated heterocycles. The van der Waals surface area contributed by atoms with Crippen LogP contribution in [-0.4, -0.2) is 64.7 Å². The zero-order chi connectivity index (χ0) is 25.0. The van der Waals surface area contributed by atoms with Gasteiger partial charge in [0.1, 0.15) is 11.9 Å². The Labute approximate surface area is 208 Å². The quantitative estimate of drug-likeness (QED) is 0.551. The first-order chi connectivity index (χ1) is 17.4. The first-order valence-corrected chi connectivity index (χ1v) is 12.4. The third-order valence-electron chi connectivity index (χ3n) is 7.71. The fourth-order valence-corrected chi connectivity index (χ4v) is 5.77. The second-order valence-electron chi connectivity index (χ2n) is 9.93. The topological polar surface area (TPSA) is 88.8 Å². The number of carbonyl (C=O) groups is 3. The lowest BCUT2D eigenvalue weighted by atomic mass is 10.0. The smallest absolute Gasteiger partial charge is 0.255 e. The van der Waals surface area contributed by atoms with Gasteiger partial charge in [-0.1, -0.05) is 18.2 Å². The molecule has 36 heavy (non-hydrogen) atoms. The highest BCUT2D eigenvalue weighted by Gasteiger charge is 2.41. The van der Waals surface area contributed by atoms with Crippen LogP contribution in [0.15, 0.2) is 36.5 Å². The summed E-state index contributed by atoms with van der Waals surface area (Å²) in [4.78, 5) is 46.5. The van der Waals surface area contributed by atoms with Crippen molar-refractivity contribution in [1.82, 2.24) is 20.1 Å². The normalized spacial score (nSPS) is 20.8. The number of anilines is 1. The van der Waals surface area contributed by atoms with Crippen LogP contribution in [0.3, 0.4) is 0 Å². The van der Waals surface area contributed by atoms with Crippen molar-refractivity contribution in [1.29, 1.82) is 0 Å². The summed E-state index contributed by atoms with van der Waals surface area (Å²) >= 11 is 0. The Morgan fingerprint density at radius 2 is 1.89 bits per heavy atom. The molecule has 0 spiro atoms. The van der Waals surface area contributed by atoms with Gasteiger partial charge in [-0.3, -0.25) is 24.6 Å². The van der Waals surface area contributed by atoms with E-state index in [0.717, 1.165) is 30.9 Å². The number of H-pyrrole nitrogens is 1. The van der Waals surface area contributed by atoms with E-state index in [4.69, 9.17) is 0 Å². The molecular weight excluding hydrogens is 461 g/mol. The highest BCUT2D eigenvalue weighted by molar-refractivity contribution is 6.06. The monoisotopic (exact) mass is 489 g/mol. The molecule has 0 bridgehead atoms. The first kappa shape index (κ1) is 22.7. The molecule has 1 aromatic heterocycles. The van der Waals surface area contributed by atoms with Crippen LogP contribution in [0.25, 0.3) is 10.9 Å². The van der Waals surface area contributed by atoms with Crippen LogP contribution in [0.5, 0.6) is 0 Å². The third-order valence-corrected chi connectivity index (χ3v) is 7.71. The standard InChI is InChI=1S/C27H28FN5O3/c1-16-3-2-4-19-17(13-29-25(16)19)14-31-7-9-32(10-8-31)23-12-18(28)11-20-21(23)15-33(27(20)36)22-5-6-24(34)30-26(22)35/h2-4,11-13,22,29H,5-10,14-15H2,1H3,(H,30,34,35). The van der Waals surface area contributed by atoms with E-state index in [1.54, 1.807) is 0 Å². The summed E-state index contributed by atoms with van der Waals surface area (Å²) in [5.41, 5.74) is 5.45. The summed E-state index contributed by atoms with van der Waals surface area (Å²) in [6.45, 7) is 6.23. The van der Waals surface area contributed by atoms with Crippen LogP contribution >= 0.6 is 0 Å². The molecule has 3 aromatic rings. The summed E-state index contributed by atoms with van der Waals surface area (Å²) in [5.74, 6) is -1.60. The molecule has 3 aliphatic rings. The first-order valence-electron chi connectivity index (χ1n) is 12.4. The number of aryl methyl sites for hydroxylation is 1. The Morgan fingerprint density at radius 3 is 2.67 bits per heavy atom. The summed E-state index contributed by atoms with van der Waals surface area (Å²) in [6, 6.07) is 8.38. The molecule has 1 unspecified atom stereocenters. The van der Waals surface area contributed by atoms with Gasteiger partial charge in [-0.05, 0) is 36.6 Å². The molecule has 0 aliphatic carbocycles. The number of aromatic amines is 1. The lowest BCUT2D eigenvalue weighted by molar-refractivity contribution is -0.136. The number of hydrogen-bond donors (Lipinski definition) is 2. The molecule has 2 N–H and O–H groups in total. The number of halogens is 1. The predicted molar refractivity (Wildman–Crippen MR) is 133 cm³/mol. The minimum absolute atomic E-state index is 0.190. The second-order valence-corrected chi connectivity index (χ2v) is 9.93. The largest absolute Gasteiger partial charge is 0.369 e. The van der Waals surface area contributed by atoms with Gasteiger partial charge in [0.2, 0.25) is 11.8 Å². The van der Waals surface area contributed by atoms with Gasteiger partial charge < -0.3 is 14.8 Å². The summed E-state index contributed by atoms with van der Waals surface area (Å²) in [7, 11) is 0. The van der Waals surface area contributed by atoms with E-state index in [1.807, 2.05) is 0 Å². The number of hydrogen-bond acceptors (Lipinski definition) is 5. The minimum Gasteiger partial charge on any atom is -0.369 e. The average molecular weight is 490 g/mol. The lowest BCUT2D eigenvalue weighted by Crippen LogP contribution is -2.52. The zero-order valence-corrected chi connectivity index (χ0v) is 20.1. The van der Waals surface area contributed by atoms with Crippen LogP contribution in [0, 0.1) is 12.7 Å². The molecular formula is C27H28FN5O3. The van der Waals surface area contributed by atoms with Gasteiger partial charge in [0.25, 0.3) is 5.91 Å². The number of piperidine rings is 1. The molecule has 9 heteroatoms. The van der Waals surface area contributed by atoms with Gasteiger partial charge in [-0.2, -0.15) is 0 Å². The molecule has 0 radical (unpaired) electrons. The molecule has 4 heterocycles. The summed E-state index contributed by atoms with van der Waals surface area (Å²) < 4.78 is 14.6. The van der Waals surface area contributed by atoms with Crippen LogP contribution < -0.4 is 10.2 Å². The lowest BCUT2D eigenvalue weighted by Gasteiger charge is -2.37. The van der Waals surface area contributed by atoms with Crippen LogP contribution in [0.1, 0.15) is 39.9 Å². The number of nitrogens with zero attached hydrogens (tertiary/aromatic N) is 3. The predicted octanol–water partition coefficient (Wildman–Crippen LogP) is 2.70. The second kappa shape index (κ2) is 8.74. The zero-order valence-electron chi connectivity index (χ0n) is 20.1. The van der Waals surface area contributed by atoms with Crippen LogP contribution in [-0.2, 0) is 22.7 Å². The minimum atomic E-state index is -0.713. The molecule has 3 amide bonds. The highest BCUT2D eigenvalue weighted by Crippen LogP contribution is 2.35. The maximum atomic E-state index is 14.6. The highest BCUT2D eigenvalue weighted by atomic mass is 19.1. The maximum Gasteiger partial charge on any atom is 0.255 e. The molecule has 8 nitrogen and oxygen atoms in total. The fourth-order valence-electron chi connectivity index (χ4n) is 5.77. The Balaban J connectivity index is 1.18. The average Bonchev–Trinajstić information content (AvgIpc) is 3.41. The van der Waals surface area contributed by atoms with Crippen LogP contribution in [0.4, 0.5) is 10.1 Å². The van der Waals surface area contributed by atoms with Crippen molar-refractivity contribution in [2.24, 2.45) is 0 Å². The van der Waals surface area contributed by atoms with E-state index in [-0.39, 0.29) is 31.2 Å². The Hall–Kier alpha value is -3.72. The van der Waals surface area contributed by atoms with Crippen molar-refractivity contribution in [3.8, 4) is 0 Å². The summed E-state index contributed by atoms with van der Waals surface area (Å²) in [5, 5.41) is 3.56. The van der Waals surface area contributed by atoms with Crippen molar-refractivity contribution >= 4 is 34.3 Å². The van der Waals surface area contributed by atoms with Crippen molar-refractivity contribution in [3.05, 3.63) is 64.6 Å². The van der Waals surface area contributed by atoms with Crippen molar-refractivity contribution in [2.75, 3.05) is 31.1 Å². The van der Waals surface area contributed by atoms with Gasteiger partial charge in [0, 0.05) is 79.6 Å². The number of nitrogens with one attached hydrogen (secondary N) is 2. The number of carbonyl (C=O) groups excluding carboxylic acids is 3. The van der Waals surface area contributed by atoms with E-state index < -0.39 is 17.8 Å². The van der Waals surface area contributed by atoms with Crippen molar-refractivity contribution in [3.63, 3.8) is 0 Å². The molecule has 1 atom stereocenters. The van der Waals surface area contributed by atoms with Gasteiger partial charge in [-0.15, -0.1) is 0 Å². The number of rotatable bonds is 4. The Kier molecular flexibility index (Phi) is 5.52. The third kappa shape index (κ3) is 3.83. The van der Waals surface area contributed by atoms with E-state index in [9.17, 15) is 18.8 Å². The number of aromatic nitrogens is 1. The van der Waals surface area contributed by atoms with Crippen molar-refractivity contribution < 1.29 is 18.8 Å². The van der Waals surface area contributed by atoms with E-state index in [2.05, 4.69) is 51.4 Å². The SMILES string of the molecule is Cc1cccc2c(CN3CCN(c4cc(F)cc5c4CN(C4CCC(=O)NC4=O)C5=O)CC3)c[nH]c12. The Morgan fingerprint density at radius 1 is 1.08 bits per heavy atom. The number of fused-ring (bicyclic) bond motifs is 2. The van der Waals surface area contributed by atoms with Crippen LogP contribution in [0.2, 0.25) is 0 Å². The van der Waals surface area contributed by atoms with Gasteiger partial charge in [0.05, 0.1) is 0 Å². The Bertz CT molecular complexity index is 1390. The molecule has 186 valence electrons. The number of imide groups is 1. The van der Waals surface area contributed by atoms with Gasteiger partial charge >= 0.3 is 0 Å². The molecule has 6 rings (SSSR count). The number of amides is 3. The number of piperazine rings is 1. The van der Waals surface area contributed by atoms with Gasteiger partial charge in [-0.25, -0.2) is 4.39 Å². The van der Waals surface area contributed by atoms with Crippen molar-refractivity contribution in [2.45, 2.75) is 38.9 Å². The van der Waals surface area contributed by atoms with E-state index >= 15 is 0 Å². The summed E-state index contributed by atoms with van der Waals surface area (Å²) in [6.07, 6.45) is 2.56. The fraction of sp³-hybridized carbons (Fsp3) is 0.370. The number of para-hydroxylation sites is 1.